The second-order valence-electron chi connectivity index (χ2n) is 2.78. The Hall–Kier alpha value is -0.0800. The first-order valence-corrected chi connectivity index (χ1v) is 3.75. The van der Waals surface area contributed by atoms with Gasteiger partial charge in [0.1, 0.15) is 0 Å². The van der Waals surface area contributed by atoms with Gasteiger partial charge in [-0.15, -0.1) is 0 Å². The van der Waals surface area contributed by atoms with Gasteiger partial charge in [0.05, 0.1) is 0 Å². The van der Waals surface area contributed by atoms with Crippen LogP contribution in [0.3, 0.4) is 0 Å². The van der Waals surface area contributed by atoms with Crippen LogP contribution >= 0.6 is 0 Å². The number of nitrogens with one attached hydrogen (secondary N) is 2. The van der Waals surface area contributed by atoms with Crippen molar-refractivity contribution >= 4 is 0 Å². The fourth-order valence-corrected chi connectivity index (χ4v) is 1.44. The van der Waals surface area contributed by atoms with Crippen LogP contribution < -0.4 is 10.6 Å². The van der Waals surface area contributed by atoms with E-state index in [1.54, 1.807) is 0 Å². The highest BCUT2D eigenvalue weighted by molar-refractivity contribution is 4.81. The molecule has 1 rings (SSSR count). The van der Waals surface area contributed by atoms with Crippen molar-refractivity contribution < 1.29 is 0 Å². The van der Waals surface area contributed by atoms with Crippen molar-refractivity contribution in [2.75, 3.05) is 13.6 Å². The maximum atomic E-state index is 3.42. The van der Waals surface area contributed by atoms with Gasteiger partial charge in [-0.1, -0.05) is 0 Å². The average molecular weight is 128 g/mol. The van der Waals surface area contributed by atoms with E-state index >= 15 is 0 Å². The first-order chi connectivity index (χ1) is 4.34. The SMILES string of the molecule is CN[C@H]1CCCN[C@H]1C. The molecular weight excluding hydrogens is 112 g/mol. The van der Waals surface area contributed by atoms with E-state index in [-0.39, 0.29) is 0 Å². The lowest BCUT2D eigenvalue weighted by Gasteiger charge is -2.29. The summed E-state index contributed by atoms with van der Waals surface area (Å²) < 4.78 is 0. The molecule has 0 aromatic carbocycles. The Kier molecular flexibility index (Phi) is 2.49. The first-order valence-electron chi connectivity index (χ1n) is 3.75. The zero-order valence-electron chi connectivity index (χ0n) is 6.28. The Labute approximate surface area is 57.0 Å². The van der Waals surface area contributed by atoms with Crippen LogP contribution in [0, 0.1) is 0 Å². The highest BCUT2D eigenvalue weighted by Gasteiger charge is 2.17. The molecule has 0 bridgehead atoms. The maximum Gasteiger partial charge on any atom is 0.0215 e. The minimum Gasteiger partial charge on any atom is -0.315 e. The summed E-state index contributed by atoms with van der Waals surface area (Å²) in [4.78, 5) is 0. The van der Waals surface area contributed by atoms with Crippen molar-refractivity contribution in [3.8, 4) is 0 Å². The van der Waals surface area contributed by atoms with Gasteiger partial charge in [0.25, 0.3) is 0 Å². The van der Waals surface area contributed by atoms with Gasteiger partial charge >= 0.3 is 0 Å². The summed E-state index contributed by atoms with van der Waals surface area (Å²) in [5, 5.41) is 6.71. The highest BCUT2D eigenvalue weighted by Crippen LogP contribution is 2.06. The third-order valence-corrected chi connectivity index (χ3v) is 2.13. The van der Waals surface area contributed by atoms with Crippen LogP contribution in [0.25, 0.3) is 0 Å². The third kappa shape index (κ3) is 1.66. The second-order valence-corrected chi connectivity index (χ2v) is 2.78. The van der Waals surface area contributed by atoms with E-state index in [1.165, 1.54) is 19.4 Å². The minimum absolute atomic E-state index is 0.656. The predicted octanol–water partition coefficient (Wildman–Crippen LogP) is 0.346. The number of likely N-dealkylation sites (N-methyl/N-ethyl adjacent to an activating group) is 1. The summed E-state index contributed by atoms with van der Waals surface area (Å²) in [6.45, 7) is 3.43. The largest absolute Gasteiger partial charge is 0.315 e. The maximum absolute atomic E-state index is 3.42. The summed E-state index contributed by atoms with van der Waals surface area (Å²) in [5.74, 6) is 0. The fraction of sp³-hybridized carbons (Fsp3) is 1.00. The highest BCUT2D eigenvalue weighted by atomic mass is 15.0. The number of hydrogen-bond donors (Lipinski definition) is 2. The molecule has 1 aliphatic heterocycles. The van der Waals surface area contributed by atoms with Crippen molar-refractivity contribution in [3.63, 3.8) is 0 Å². The lowest BCUT2D eigenvalue weighted by atomic mass is 10.0. The summed E-state index contributed by atoms with van der Waals surface area (Å²) >= 11 is 0. The summed E-state index contributed by atoms with van der Waals surface area (Å²) in [6.07, 6.45) is 2.64. The molecule has 0 aliphatic carbocycles. The Bertz CT molecular complexity index is 83.0. The quantitative estimate of drug-likeness (QED) is 0.532. The van der Waals surface area contributed by atoms with E-state index in [0.29, 0.717) is 12.1 Å². The summed E-state index contributed by atoms with van der Waals surface area (Å²) in [7, 11) is 2.04. The molecule has 0 aromatic rings. The first kappa shape index (κ1) is 7.03. The van der Waals surface area contributed by atoms with Crippen LogP contribution in [0.5, 0.6) is 0 Å². The topological polar surface area (TPSA) is 24.1 Å². The molecule has 1 fully saturated rings. The fourth-order valence-electron chi connectivity index (χ4n) is 1.44. The Morgan fingerprint density at radius 3 is 2.78 bits per heavy atom. The Balaban J connectivity index is 2.30. The summed E-state index contributed by atoms with van der Waals surface area (Å²) in [6, 6.07) is 1.35. The molecule has 0 unspecified atom stereocenters. The number of hydrogen-bond acceptors (Lipinski definition) is 2. The number of piperidine rings is 1. The summed E-state index contributed by atoms with van der Waals surface area (Å²) in [5.41, 5.74) is 0. The van der Waals surface area contributed by atoms with Gasteiger partial charge in [-0.2, -0.15) is 0 Å². The predicted molar refractivity (Wildman–Crippen MR) is 39.5 cm³/mol. The van der Waals surface area contributed by atoms with Crippen LogP contribution in [-0.4, -0.2) is 25.7 Å². The Morgan fingerprint density at radius 1 is 1.56 bits per heavy atom. The van der Waals surface area contributed by atoms with E-state index in [0.717, 1.165) is 0 Å². The van der Waals surface area contributed by atoms with Gasteiger partial charge in [-0.25, -0.2) is 0 Å². The molecule has 1 saturated heterocycles. The van der Waals surface area contributed by atoms with Crippen molar-refractivity contribution in [1.82, 2.24) is 10.6 Å². The zero-order valence-corrected chi connectivity index (χ0v) is 6.28. The molecule has 54 valence electrons. The van der Waals surface area contributed by atoms with Crippen molar-refractivity contribution in [3.05, 3.63) is 0 Å². The molecule has 9 heavy (non-hydrogen) atoms. The molecule has 0 spiro atoms. The molecule has 2 atom stereocenters. The van der Waals surface area contributed by atoms with Crippen LogP contribution in [0.2, 0.25) is 0 Å². The van der Waals surface area contributed by atoms with Gasteiger partial charge in [-0.3, -0.25) is 0 Å². The second kappa shape index (κ2) is 3.18. The van der Waals surface area contributed by atoms with E-state index in [1.807, 2.05) is 7.05 Å². The molecule has 1 heterocycles. The molecule has 2 nitrogen and oxygen atoms in total. The normalized spacial score (nSPS) is 36.7. The minimum atomic E-state index is 0.656. The van der Waals surface area contributed by atoms with Gasteiger partial charge in [0, 0.05) is 12.1 Å². The van der Waals surface area contributed by atoms with Crippen LogP contribution in [0.1, 0.15) is 19.8 Å². The average Bonchev–Trinajstić information content (AvgIpc) is 1.89. The van der Waals surface area contributed by atoms with Gasteiger partial charge in [0.2, 0.25) is 0 Å². The van der Waals surface area contributed by atoms with E-state index in [9.17, 15) is 0 Å². The Morgan fingerprint density at radius 2 is 2.33 bits per heavy atom. The molecular formula is C7H16N2. The molecule has 0 radical (unpaired) electrons. The van der Waals surface area contributed by atoms with E-state index in [4.69, 9.17) is 0 Å². The molecule has 1 aliphatic rings. The molecule has 0 amide bonds. The van der Waals surface area contributed by atoms with Crippen LogP contribution in [0.15, 0.2) is 0 Å². The van der Waals surface area contributed by atoms with Gasteiger partial charge in [-0.05, 0) is 33.4 Å². The third-order valence-electron chi connectivity index (χ3n) is 2.13. The molecule has 0 saturated carbocycles. The van der Waals surface area contributed by atoms with Crippen LogP contribution in [-0.2, 0) is 0 Å². The smallest absolute Gasteiger partial charge is 0.0215 e. The van der Waals surface area contributed by atoms with E-state index in [2.05, 4.69) is 17.6 Å². The molecule has 2 heteroatoms. The standard InChI is InChI=1S/C7H16N2/c1-6-7(8-2)4-3-5-9-6/h6-9H,3-5H2,1-2H3/t6-,7-/m0/s1. The monoisotopic (exact) mass is 128 g/mol. The van der Waals surface area contributed by atoms with Gasteiger partial charge < -0.3 is 10.6 Å². The lowest BCUT2D eigenvalue weighted by molar-refractivity contribution is 0.332. The number of rotatable bonds is 1. The zero-order chi connectivity index (χ0) is 6.69. The van der Waals surface area contributed by atoms with Gasteiger partial charge in [0.15, 0.2) is 0 Å². The molecule has 2 N–H and O–H groups in total. The van der Waals surface area contributed by atoms with E-state index < -0.39 is 0 Å². The van der Waals surface area contributed by atoms with Crippen molar-refractivity contribution in [2.45, 2.75) is 31.8 Å². The van der Waals surface area contributed by atoms with Crippen LogP contribution in [0.4, 0.5) is 0 Å². The van der Waals surface area contributed by atoms with Crippen molar-refractivity contribution in [2.24, 2.45) is 0 Å². The molecule has 0 aromatic heterocycles. The van der Waals surface area contributed by atoms with Crippen molar-refractivity contribution in [1.29, 1.82) is 0 Å². The lowest BCUT2D eigenvalue weighted by Crippen LogP contribution is -2.48.